The minimum Gasteiger partial charge on any atom is -0.394 e. The summed E-state index contributed by atoms with van der Waals surface area (Å²) in [5.74, 6) is -7.47. The van der Waals surface area contributed by atoms with Gasteiger partial charge in [0.15, 0.2) is 0 Å². The largest absolute Gasteiger partial charge is 0.394 e. The molecule has 0 bridgehead atoms. The molecule has 0 aromatic rings. The van der Waals surface area contributed by atoms with Crippen molar-refractivity contribution in [3.8, 4) is 0 Å². The molecule has 0 spiro atoms. The third-order valence-corrected chi connectivity index (χ3v) is 14.3. The van der Waals surface area contributed by atoms with Gasteiger partial charge in [-0.25, -0.2) is 0 Å². The van der Waals surface area contributed by atoms with Gasteiger partial charge in [0.2, 0.25) is 65.0 Å². The molecule has 0 heterocycles. The number of carbonyl (C=O) groups excluding carboxylic acids is 11. The summed E-state index contributed by atoms with van der Waals surface area (Å²) in [4.78, 5) is 150. The van der Waals surface area contributed by atoms with Gasteiger partial charge in [0.1, 0.15) is 46.8 Å². The monoisotopic (exact) mass is 1210 g/mol. The Hall–Kier alpha value is -5.95. The van der Waals surface area contributed by atoms with E-state index >= 15 is 0 Å². The lowest BCUT2D eigenvalue weighted by molar-refractivity contribution is -0.138. The molecule has 0 unspecified atom stereocenters. The summed E-state index contributed by atoms with van der Waals surface area (Å²) in [7, 11) is 0. The average Bonchev–Trinajstić information content (AvgIpc) is 3.63. The molecule has 0 aliphatic rings. The molecule has 7 atom stereocenters. The highest BCUT2D eigenvalue weighted by atomic mass is 16.3. The number of hydrogen-bond donors (Lipinski definition) is 14. The number of nitrogens with two attached hydrogens (primary N) is 2. The predicted octanol–water partition coefficient (Wildman–Crippen LogP) is 1.61. The van der Waals surface area contributed by atoms with Gasteiger partial charge in [0, 0.05) is 6.42 Å². The maximum atomic E-state index is 14.3. The molecule has 25 nitrogen and oxygen atoms in total. The molecule has 490 valence electrons. The topological polar surface area (TPSA) is 392 Å². The molecule has 0 saturated carbocycles. The van der Waals surface area contributed by atoms with E-state index in [1.807, 2.05) is 48.5 Å². The van der Waals surface area contributed by atoms with Gasteiger partial charge in [-0.3, -0.25) is 52.7 Å². The molecule has 0 saturated heterocycles. The summed E-state index contributed by atoms with van der Waals surface area (Å²) >= 11 is 0. The number of amides is 11. The van der Waals surface area contributed by atoms with Gasteiger partial charge in [0.25, 0.3) is 0 Å². The Morgan fingerprint density at radius 3 is 1.29 bits per heavy atom. The number of unbranched alkanes of at least 4 members (excludes halogenated alkanes) is 6. The van der Waals surface area contributed by atoms with E-state index in [2.05, 4.69) is 65.4 Å². The van der Waals surface area contributed by atoms with Gasteiger partial charge in [-0.1, -0.05) is 94.4 Å². The van der Waals surface area contributed by atoms with Gasteiger partial charge in [-0.2, -0.15) is 0 Å². The molecule has 25 heteroatoms. The summed E-state index contributed by atoms with van der Waals surface area (Å²) in [5, 5.41) is 39.4. The third kappa shape index (κ3) is 32.4. The van der Waals surface area contributed by atoms with E-state index in [0.29, 0.717) is 44.9 Å². The first-order chi connectivity index (χ1) is 39.6. The second-order valence-corrected chi connectivity index (χ2v) is 25.5. The zero-order valence-electron chi connectivity index (χ0n) is 54.2. The Morgan fingerprint density at radius 1 is 0.424 bits per heavy atom. The van der Waals surface area contributed by atoms with Crippen LogP contribution in [0.4, 0.5) is 0 Å². The van der Waals surface area contributed by atoms with Crippen molar-refractivity contribution >= 4 is 65.0 Å². The van der Waals surface area contributed by atoms with Crippen molar-refractivity contribution in [1.82, 2.24) is 58.5 Å². The van der Waals surface area contributed by atoms with Crippen LogP contribution in [0.1, 0.15) is 207 Å². The maximum Gasteiger partial charge on any atom is 0.245 e. The third-order valence-electron chi connectivity index (χ3n) is 14.3. The first-order valence-corrected chi connectivity index (χ1v) is 30.9. The first-order valence-electron chi connectivity index (χ1n) is 30.9. The van der Waals surface area contributed by atoms with Crippen molar-refractivity contribution in [2.75, 3.05) is 32.8 Å². The van der Waals surface area contributed by atoms with Crippen molar-refractivity contribution in [2.45, 2.75) is 259 Å². The van der Waals surface area contributed by atoms with Crippen molar-refractivity contribution in [3.05, 3.63) is 0 Å². The van der Waals surface area contributed by atoms with Crippen LogP contribution < -0.4 is 70.0 Å². The van der Waals surface area contributed by atoms with Crippen LogP contribution in [0.3, 0.4) is 0 Å². The van der Waals surface area contributed by atoms with E-state index in [1.54, 1.807) is 6.92 Å². The summed E-state index contributed by atoms with van der Waals surface area (Å²) in [6, 6.07) is -6.29. The standard InChI is InChI=1S/C60H113N13O12/c1-16-18-19-20-21-28-46(75)71-58(10,11)55(83)63-34-47(76)66-44(32-38(5)6)52(80)73-60(14,15)57(85)69-43(27-23-25-30-62)51(79)67-42(26-22-24-29-61)50(78)68-45(33-39(7)8)53(81)72-59(12,13)56(84)64-35-48(77)70-49(40(9)17-2)54(82)65-41(36-74)31-37(3)4/h37-45,49,74H,16-36,61-62H2,1-15H3,(H,63,83)(H,64,84)(H,65,82)(H,66,76)(H,67,79)(H,68,78)(H,69,85)(H,70,77)(H,71,75)(H,72,81)(H,73,80)/t40-,41-,42-,43-,44-,45-,49-/m0/s1. The summed E-state index contributed by atoms with van der Waals surface area (Å²) < 4.78 is 0. The van der Waals surface area contributed by atoms with E-state index in [1.165, 1.54) is 41.5 Å². The average molecular weight is 1210 g/mol. The zero-order valence-corrected chi connectivity index (χ0v) is 54.2. The van der Waals surface area contributed by atoms with Crippen molar-refractivity contribution in [1.29, 1.82) is 0 Å². The van der Waals surface area contributed by atoms with Crippen molar-refractivity contribution in [3.63, 3.8) is 0 Å². The number of hydrogen-bond acceptors (Lipinski definition) is 14. The molecule has 0 fully saturated rings. The van der Waals surface area contributed by atoms with Gasteiger partial charge < -0.3 is 75.1 Å². The molecule has 0 radical (unpaired) electrons. The molecule has 85 heavy (non-hydrogen) atoms. The van der Waals surface area contributed by atoms with Gasteiger partial charge in [-0.05, 0) is 143 Å². The fraction of sp³-hybridized carbons (Fsp3) is 0.817. The molecular formula is C60H113N13O12. The van der Waals surface area contributed by atoms with Crippen LogP contribution in [0.5, 0.6) is 0 Å². The quantitative estimate of drug-likeness (QED) is 0.0386. The normalized spacial score (nSPS) is 14.3. The molecule has 0 aromatic carbocycles. The summed E-state index contributed by atoms with van der Waals surface area (Å²) in [6.45, 7) is 25.0. The summed E-state index contributed by atoms with van der Waals surface area (Å²) in [6.07, 6.45) is 8.29. The minimum absolute atomic E-state index is 0.0850. The Labute approximate surface area is 507 Å². The van der Waals surface area contributed by atoms with E-state index in [-0.39, 0.29) is 81.4 Å². The van der Waals surface area contributed by atoms with Crippen LogP contribution in [-0.2, 0) is 52.7 Å². The summed E-state index contributed by atoms with van der Waals surface area (Å²) in [5.41, 5.74) is 6.98. The number of aliphatic hydroxyl groups is 1. The lowest BCUT2D eigenvalue weighted by atomic mass is 9.97. The van der Waals surface area contributed by atoms with Gasteiger partial charge >= 0.3 is 0 Å². The number of aliphatic hydroxyl groups excluding tert-OH is 1. The Balaban J connectivity index is 6.27. The van der Waals surface area contributed by atoms with Crippen molar-refractivity contribution in [2.24, 2.45) is 35.1 Å². The fourth-order valence-electron chi connectivity index (χ4n) is 9.05. The Bertz CT molecular complexity index is 2140. The molecule has 0 aliphatic carbocycles. The maximum absolute atomic E-state index is 14.3. The fourth-order valence-corrected chi connectivity index (χ4v) is 9.05. The second kappa shape index (κ2) is 40.4. The predicted molar refractivity (Wildman–Crippen MR) is 328 cm³/mol. The molecule has 11 amide bonds. The number of rotatable bonds is 44. The first kappa shape index (κ1) is 79.0. The highest BCUT2D eigenvalue weighted by molar-refractivity contribution is 5.99. The van der Waals surface area contributed by atoms with Crippen LogP contribution in [0, 0.1) is 23.7 Å². The number of nitrogens with one attached hydrogen (secondary N) is 11. The van der Waals surface area contributed by atoms with Crippen molar-refractivity contribution < 1.29 is 57.8 Å². The molecular weight excluding hydrogens is 1090 g/mol. The molecule has 0 rings (SSSR count). The highest BCUT2D eigenvalue weighted by Gasteiger charge is 2.39. The lowest BCUT2D eigenvalue weighted by Gasteiger charge is -2.31. The number of carbonyl (C=O) groups is 11. The second-order valence-electron chi connectivity index (χ2n) is 25.5. The Morgan fingerprint density at radius 2 is 0.847 bits per heavy atom. The lowest BCUT2D eigenvalue weighted by Crippen LogP contribution is -2.63. The molecule has 0 aromatic heterocycles. The van der Waals surface area contributed by atoms with Crippen LogP contribution >= 0.6 is 0 Å². The van der Waals surface area contributed by atoms with Crippen LogP contribution in [0.2, 0.25) is 0 Å². The van der Waals surface area contributed by atoms with Gasteiger partial charge in [-0.15, -0.1) is 0 Å². The van der Waals surface area contributed by atoms with Crippen LogP contribution in [0.25, 0.3) is 0 Å². The highest BCUT2D eigenvalue weighted by Crippen LogP contribution is 2.16. The molecule has 16 N–H and O–H groups in total. The van der Waals surface area contributed by atoms with E-state index in [4.69, 9.17) is 11.5 Å². The van der Waals surface area contributed by atoms with Crippen LogP contribution in [-0.4, -0.2) is 156 Å². The SMILES string of the molecule is CCCCCCCC(=O)NC(C)(C)C(=O)NCC(=O)N[C@@H](CC(C)C)C(=O)NC(C)(C)C(=O)N[C@@H](CCCCN)C(=O)N[C@@H](CCCCN)C(=O)N[C@@H](CC(C)C)C(=O)NC(C)(C)C(=O)NCC(=O)N[C@H](C(=O)N[C@H](CO)CC(C)C)[C@@H](C)CC. The minimum atomic E-state index is -1.67. The van der Waals surface area contributed by atoms with E-state index < -0.39 is 125 Å². The van der Waals surface area contributed by atoms with E-state index in [9.17, 15) is 57.8 Å². The Kier molecular flexibility index (Phi) is 37.6. The zero-order chi connectivity index (χ0) is 65.3. The smallest absolute Gasteiger partial charge is 0.245 e. The van der Waals surface area contributed by atoms with Crippen LogP contribution in [0.15, 0.2) is 0 Å². The van der Waals surface area contributed by atoms with E-state index in [0.717, 1.165) is 25.7 Å². The van der Waals surface area contributed by atoms with Gasteiger partial charge in [0.05, 0.1) is 25.7 Å². The molecule has 0 aliphatic heterocycles.